The molecule has 5 rings (SSSR count). The van der Waals surface area contributed by atoms with E-state index in [0.717, 1.165) is 32.1 Å². The third-order valence-electron chi connectivity index (χ3n) is 8.07. The lowest BCUT2D eigenvalue weighted by Gasteiger charge is -2.64. The molecule has 5 heteroatoms. The highest BCUT2D eigenvalue weighted by atomic mass is 16.8. The Kier molecular flexibility index (Phi) is 3.92. The van der Waals surface area contributed by atoms with E-state index in [9.17, 15) is 9.90 Å². The van der Waals surface area contributed by atoms with Gasteiger partial charge in [0.25, 0.3) is 0 Å². The summed E-state index contributed by atoms with van der Waals surface area (Å²) in [6.07, 6.45) is 5.80. The molecule has 1 aliphatic heterocycles. The molecule has 4 saturated carbocycles. The predicted molar refractivity (Wildman–Crippen MR) is 96.3 cm³/mol. The fraction of sp³-hybridized carbons (Fsp3) is 0.952. The van der Waals surface area contributed by atoms with Crippen LogP contribution in [-0.2, 0) is 19.0 Å². The minimum Gasteiger partial charge on any atom is -0.453 e. The lowest BCUT2D eigenvalue weighted by atomic mass is 9.41. The van der Waals surface area contributed by atoms with Crippen LogP contribution >= 0.6 is 0 Å². The van der Waals surface area contributed by atoms with E-state index in [1.165, 1.54) is 6.42 Å². The van der Waals surface area contributed by atoms with Gasteiger partial charge in [-0.1, -0.05) is 0 Å². The van der Waals surface area contributed by atoms with Crippen LogP contribution in [0.4, 0.5) is 0 Å². The summed E-state index contributed by atoms with van der Waals surface area (Å²) in [6.45, 7) is 10.5. The molecule has 0 aromatic heterocycles. The van der Waals surface area contributed by atoms with E-state index in [4.69, 9.17) is 14.2 Å². The summed E-state index contributed by atoms with van der Waals surface area (Å²) < 4.78 is 17.6. The zero-order valence-electron chi connectivity index (χ0n) is 16.9. The molecule has 0 radical (unpaired) electrons. The van der Waals surface area contributed by atoms with Gasteiger partial charge in [0, 0.05) is 5.41 Å². The maximum absolute atomic E-state index is 13.5. The minimum absolute atomic E-state index is 0.120. The second kappa shape index (κ2) is 5.45. The van der Waals surface area contributed by atoms with Gasteiger partial charge >= 0.3 is 5.97 Å². The maximum Gasteiger partial charge on any atom is 0.312 e. The van der Waals surface area contributed by atoms with E-state index in [2.05, 4.69) is 0 Å². The summed E-state index contributed by atoms with van der Waals surface area (Å²) in [7, 11) is 0. The Morgan fingerprint density at radius 1 is 1.04 bits per heavy atom. The molecule has 5 aliphatic rings. The second-order valence-electron chi connectivity index (χ2n) is 10.6. The number of carbonyl (C=O) groups excluding carboxylic acids is 1. The first-order valence-electron chi connectivity index (χ1n) is 10.1. The van der Waals surface area contributed by atoms with Crippen LogP contribution in [0, 0.1) is 22.7 Å². The summed E-state index contributed by atoms with van der Waals surface area (Å²) in [6, 6.07) is 0. The molecule has 5 fully saturated rings. The van der Waals surface area contributed by atoms with Crippen LogP contribution in [0.15, 0.2) is 0 Å². The normalized spacial score (nSPS) is 41.5. The van der Waals surface area contributed by atoms with Gasteiger partial charge in [-0.25, -0.2) is 0 Å². The smallest absolute Gasteiger partial charge is 0.312 e. The fourth-order valence-electron chi connectivity index (χ4n) is 6.51. The van der Waals surface area contributed by atoms with E-state index < -0.39 is 22.4 Å². The van der Waals surface area contributed by atoms with Gasteiger partial charge in [0.05, 0.1) is 24.2 Å². The SMILES string of the molecule is CC(C)(O)C12CC3CC(CC(C(=O)OC(C)(C)C4(C)OCCO4)(C3)C1)C2. The van der Waals surface area contributed by atoms with Crippen LogP contribution in [0.25, 0.3) is 0 Å². The van der Waals surface area contributed by atoms with E-state index in [-0.39, 0.29) is 11.4 Å². The van der Waals surface area contributed by atoms with Crippen molar-refractivity contribution in [2.45, 2.75) is 90.1 Å². The van der Waals surface area contributed by atoms with Crippen LogP contribution in [0.2, 0.25) is 0 Å². The number of ether oxygens (including phenoxy) is 3. The Bertz CT molecular complexity index is 582. The number of rotatable bonds is 4. The van der Waals surface area contributed by atoms with Crippen LogP contribution in [0.1, 0.15) is 73.1 Å². The number of aliphatic hydroxyl groups is 1. The fourth-order valence-corrected chi connectivity index (χ4v) is 6.51. The molecule has 0 spiro atoms. The average Bonchev–Trinajstić information content (AvgIpc) is 2.93. The largest absolute Gasteiger partial charge is 0.453 e. The Morgan fingerprint density at radius 3 is 2.08 bits per heavy atom. The molecular weight excluding hydrogens is 332 g/mol. The molecule has 1 heterocycles. The molecule has 26 heavy (non-hydrogen) atoms. The number of esters is 1. The van der Waals surface area contributed by atoms with Gasteiger partial charge < -0.3 is 19.3 Å². The number of hydrogen-bond acceptors (Lipinski definition) is 5. The molecule has 1 saturated heterocycles. The van der Waals surface area contributed by atoms with Crippen molar-refractivity contribution in [3.05, 3.63) is 0 Å². The van der Waals surface area contributed by atoms with Crippen molar-refractivity contribution in [1.82, 2.24) is 0 Å². The second-order valence-corrected chi connectivity index (χ2v) is 10.6. The first-order chi connectivity index (χ1) is 11.9. The van der Waals surface area contributed by atoms with Crippen molar-refractivity contribution in [2.75, 3.05) is 13.2 Å². The van der Waals surface area contributed by atoms with Gasteiger partial charge in [0.15, 0.2) is 5.60 Å². The minimum atomic E-state index is -0.904. The van der Waals surface area contributed by atoms with Crippen LogP contribution in [0.5, 0.6) is 0 Å². The summed E-state index contributed by atoms with van der Waals surface area (Å²) in [5.41, 5.74) is -2.25. The zero-order valence-corrected chi connectivity index (χ0v) is 16.9. The molecule has 2 atom stereocenters. The average molecular weight is 366 g/mol. The molecule has 0 amide bonds. The topological polar surface area (TPSA) is 65.0 Å². The molecule has 4 bridgehead atoms. The van der Waals surface area contributed by atoms with Crippen molar-refractivity contribution < 1.29 is 24.1 Å². The zero-order chi connectivity index (χ0) is 19.0. The van der Waals surface area contributed by atoms with Crippen molar-refractivity contribution in [2.24, 2.45) is 22.7 Å². The van der Waals surface area contributed by atoms with E-state index in [1.54, 1.807) is 0 Å². The molecule has 148 valence electrons. The lowest BCUT2D eigenvalue weighted by molar-refractivity contribution is -0.268. The van der Waals surface area contributed by atoms with Gasteiger partial charge in [-0.15, -0.1) is 0 Å². The third-order valence-corrected chi connectivity index (χ3v) is 8.07. The van der Waals surface area contributed by atoms with Gasteiger partial charge in [0.2, 0.25) is 5.79 Å². The van der Waals surface area contributed by atoms with Crippen molar-refractivity contribution in [3.63, 3.8) is 0 Å². The van der Waals surface area contributed by atoms with Gasteiger partial charge in [-0.2, -0.15) is 0 Å². The van der Waals surface area contributed by atoms with Crippen molar-refractivity contribution >= 4 is 5.97 Å². The highest BCUT2D eigenvalue weighted by Gasteiger charge is 2.65. The molecule has 4 aliphatic carbocycles. The molecule has 1 N–H and O–H groups in total. The van der Waals surface area contributed by atoms with Crippen LogP contribution < -0.4 is 0 Å². The standard InChI is InChI=1S/C21H34O5/c1-17(2,23)21-11-14-8-15(12-21)10-20(9-14,13-21)16(22)26-18(3,4)19(5)24-6-7-25-19/h14-15,23H,6-13H2,1-5H3. The quantitative estimate of drug-likeness (QED) is 0.772. The van der Waals surface area contributed by atoms with Crippen molar-refractivity contribution in [1.29, 1.82) is 0 Å². The monoisotopic (exact) mass is 366 g/mol. The highest BCUT2D eigenvalue weighted by Crippen LogP contribution is 2.68. The van der Waals surface area contributed by atoms with Crippen LogP contribution in [-0.4, -0.2) is 41.3 Å². The molecule has 5 nitrogen and oxygen atoms in total. The molecule has 0 aromatic carbocycles. The van der Waals surface area contributed by atoms with Crippen LogP contribution in [0.3, 0.4) is 0 Å². The van der Waals surface area contributed by atoms with Gasteiger partial charge in [-0.05, 0) is 85.0 Å². The summed E-state index contributed by atoms with van der Waals surface area (Å²) in [5.74, 6) is 0.0187. The number of hydrogen-bond donors (Lipinski definition) is 1. The number of carbonyl (C=O) groups is 1. The predicted octanol–water partition coefficient (Wildman–Crippen LogP) is 3.43. The van der Waals surface area contributed by atoms with E-state index in [0.29, 0.717) is 25.0 Å². The Morgan fingerprint density at radius 2 is 1.58 bits per heavy atom. The highest BCUT2D eigenvalue weighted by molar-refractivity contribution is 5.78. The van der Waals surface area contributed by atoms with E-state index >= 15 is 0 Å². The molecule has 2 unspecified atom stereocenters. The summed E-state index contributed by atoms with van der Waals surface area (Å²) in [4.78, 5) is 13.5. The van der Waals surface area contributed by atoms with E-state index in [1.807, 2.05) is 34.6 Å². The Labute approximate surface area is 156 Å². The lowest BCUT2D eigenvalue weighted by Crippen LogP contribution is -2.63. The Hall–Kier alpha value is -0.650. The first kappa shape index (κ1) is 18.7. The summed E-state index contributed by atoms with van der Waals surface area (Å²) >= 11 is 0. The van der Waals surface area contributed by atoms with Crippen molar-refractivity contribution in [3.8, 4) is 0 Å². The summed E-state index contributed by atoms with van der Waals surface area (Å²) in [5, 5.41) is 10.9. The molecular formula is C21H34O5. The first-order valence-corrected chi connectivity index (χ1v) is 10.1. The van der Waals surface area contributed by atoms with Gasteiger partial charge in [-0.3, -0.25) is 4.79 Å². The maximum atomic E-state index is 13.5. The Balaban J connectivity index is 1.60. The van der Waals surface area contributed by atoms with Gasteiger partial charge in [0.1, 0.15) is 0 Å². The molecule has 0 aromatic rings. The third kappa shape index (κ3) is 2.57.